The summed E-state index contributed by atoms with van der Waals surface area (Å²) in [7, 11) is 0. The number of nitrogens with zero attached hydrogens (tertiary/aromatic N) is 1. The summed E-state index contributed by atoms with van der Waals surface area (Å²) in [5.41, 5.74) is 4.33. The van der Waals surface area contributed by atoms with E-state index in [-0.39, 0.29) is 48.4 Å². The van der Waals surface area contributed by atoms with Crippen molar-refractivity contribution >= 4 is 18.1 Å². The molecule has 2 aliphatic carbocycles. The molecule has 3 aliphatic rings. The number of ether oxygens (including phenoxy) is 1. The average molecular weight is 504 g/mol. The van der Waals surface area contributed by atoms with Gasteiger partial charge < -0.3 is 20.5 Å². The molecule has 7 heteroatoms. The summed E-state index contributed by atoms with van der Waals surface area (Å²) in [5.74, 6) is 0.869. The van der Waals surface area contributed by atoms with Gasteiger partial charge in [-0.3, -0.25) is 9.78 Å². The molecule has 2 aromatic rings. The molecule has 3 N–H and O–H groups in total. The van der Waals surface area contributed by atoms with E-state index in [1.165, 1.54) is 5.56 Å². The third-order valence-corrected chi connectivity index (χ3v) is 8.55. The van der Waals surface area contributed by atoms with Crippen LogP contribution in [0.15, 0.2) is 48.7 Å². The minimum atomic E-state index is -0.366. The molecule has 0 spiro atoms. The quantitative estimate of drug-likeness (QED) is 0.544. The number of aryl methyl sites for hydroxylation is 1. The number of fused-ring (bicyclic) bond motifs is 2. The summed E-state index contributed by atoms with van der Waals surface area (Å²) in [6.07, 6.45) is 9.34. The van der Waals surface area contributed by atoms with Crippen LogP contribution in [0, 0.1) is 36.5 Å². The van der Waals surface area contributed by atoms with Gasteiger partial charge in [0.2, 0.25) is 5.91 Å². The lowest BCUT2D eigenvalue weighted by Crippen LogP contribution is -2.49. The topological polar surface area (TPSA) is 101 Å². The summed E-state index contributed by atoms with van der Waals surface area (Å²) >= 11 is 0. The molecule has 1 aromatic heterocycles. The van der Waals surface area contributed by atoms with Crippen molar-refractivity contribution < 1.29 is 19.4 Å². The van der Waals surface area contributed by atoms with Gasteiger partial charge in [-0.2, -0.15) is 0 Å². The highest BCUT2D eigenvalue weighted by Crippen LogP contribution is 2.52. The normalized spacial score (nSPS) is 30.9. The summed E-state index contributed by atoms with van der Waals surface area (Å²) < 4.78 is 5.09. The van der Waals surface area contributed by atoms with E-state index >= 15 is 0 Å². The highest BCUT2D eigenvalue weighted by Gasteiger charge is 2.54. The fourth-order valence-electron chi connectivity index (χ4n) is 6.94. The molecule has 3 fully saturated rings. The summed E-state index contributed by atoms with van der Waals surface area (Å²) in [5, 5.41) is 16.1. The maximum absolute atomic E-state index is 12.9. The van der Waals surface area contributed by atoms with Crippen LogP contribution in [-0.4, -0.2) is 47.4 Å². The lowest BCUT2D eigenvalue weighted by atomic mass is 9.56. The molecular formula is C30H37N3O4. The summed E-state index contributed by atoms with van der Waals surface area (Å²) in [4.78, 5) is 29.6. The van der Waals surface area contributed by atoms with Crippen LogP contribution in [0.3, 0.4) is 0 Å². The number of aliphatic hydroxyl groups excluding tert-OH is 1. The number of amides is 2. The predicted molar refractivity (Wildman–Crippen MR) is 142 cm³/mol. The molecule has 5 rings (SSSR count). The van der Waals surface area contributed by atoms with Crippen LogP contribution in [-0.2, 0) is 9.53 Å². The van der Waals surface area contributed by atoms with Gasteiger partial charge in [-0.15, -0.1) is 0 Å². The minimum Gasteiger partial charge on any atom is -0.450 e. The van der Waals surface area contributed by atoms with E-state index in [4.69, 9.17) is 9.72 Å². The Hall–Kier alpha value is -3.19. The van der Waals surface area contributed by atoms with E-state index < -0.39 is 0 Å². The van der Waals surface area contributed by atoms with Gasteiger partial charge in [0.05, 0.1) is 24.9 Å². The number of alkyl carbamates (subject to hydrolysis) is 1. The lowest BCUT2D eigenvalue weighted by Gasteiger charge is -2.48. The molecule has 0 unspecified atom stereocenters. The van der Waals surface area contributed by atoms with Crippen LogP contribution in [0.4, 0.5) is 4.79 Å². The Bertz CT molecular complexity index is 1150. The maximum atomic E-state index is 12.9. The first-order chi connectivity index (χ1) is 18.0. The van der Waals surface area contributed by atoms with Crippen LogP contribution in [0.1, 0.15) is 43.9 Å². The monoisotopic (exact) mass is 503 g/mol. The van der Waals surface area contributed by atoms with Crippen LogP contribution >= 0.6 is 0 Å². The third kappa shape index (κ3) is 5.42. The van der Waals surface area contributed by atoms with Crippen molar-refractivity contribution in [3.8, 4) is 11.1 Å². The number of nitrogens with one attached hydrogen (secondary N) is 2. The van der Waals surface area contributed by atoms with Crippen molar-refractivity contribution in [3.63, 3.8) is 0 Å². The number of allylic oxidation sites excluding steroid dienone is 1. The van der Waals surface area contributed by atoms with Gasteiger partial charge in [-0.05, 0) is 80.9 Å². The van der Waals surface area contributed by atoms with Crippen molar-refractivity contribution in [1.82, 2.24) is 15.6 Å². The maximum Gasteiger partial charge on any atom is 0.407 e. The average Bonchev–Trinajstić information content (AvgIpc) is 3.22. The highest BCUT2D eigenvalue weighted by atomic mass is 16.5. The smallest absolute Gasteiger partial charge is 0.407 e. The summed E-state index contributed by atoms with van der Waals surface area (Å²) in [6.45, 7) is 4.19. The number of pyridine rings is 1. The van der Waals surface area contributed by atoms with Gasteiger partial charge in [0.25, 0.3) is 0 Å². The molecule has 7 atom stereocenters. The zero-order valence-corrected chi connectivity index (χ0v) is 21.6. The zero-order chi connectivity index (χ0) is 25.9. The van der Waals surface area contributed by atoms with Gasteiger partial charge in [-0.25, -0.2) is 4.79 Å². The molecule has 196 valence electrons. The molecule has 0 bridgehead atoms. The molecule has 1 saturated heterocycles. The largest absolute Gasteiger partial charge is 0.450 e. The Kier molecular flexibility index (Phi) is 7.60. The van der Waals surface area contributed by atoms with Gasteiger partial charge in [0, 0.05) is 23.7 Å². The second-order valence-electron chi connectivity index (χ2n) is 10.8. The van der Waals surface area contributed by atoms with Crippen LogP contribution in [0.25, 0.3) is 17.2 Å². The Balaban J connectivity index is 1.36. The number of aromatic nitrogens is 1. The van der Waals surface area contributed by atoms with Crippen LogP contribution < -0.4 is 10.6 Å². The predicted octanol–water partition coefficient (Wildman–Crippen LogP) is 4.34. The number of hydrogen-bond acceptors (Lipinski definition) is 5. The SMILES string of the molecule is CCOC(=O)N[C@@H]1CC[C@@H]2[C@@H](C1)C[C@H]1C(=O)N[C@H](CO)[C@H]1[C@H]2/C=C/c1ccc(-c2cccc(C)c2)cn1. The number of rotatable bonds is 6. The van der Waals surface area contributed by atoms with Gasteiger partial charge >= 0.3 is 6.09 Å². The number of hydrogen-bond donors (Lipinski definition) is 3. The number of benzene rings is 1. The van der Waals surface area contributed by atoms with Crippen molar-refractivity contribution in [2.45, 2.75) is 51.6 Å². The number of carbonyl (C=O) groups is 2. The Labute approximate surface area is 218 Å². The third-order valence-electron chi connectivity index (χ3n) is 8.55. The highest BCUT2D eigenvalue weighted by molar-refractivity contribution is 5.82. The van der Waals surface area contributed by atoms with E-state index in [1.54, 1.807) is 6.92 Å². The second kappa shape index (κ2) is 11.1. The first kappa shape index (κ1) is 25.5. The first-order valence-corrected chi connectivity index (χ1v) is 13.5. The first-order valence-electron chi connectivity index (χ1n) is 13.5. The molecule has 1 aliphatic heterocycles. The molecule has 0 radical (unpaired) electrons. The number of aliphatic hydroxyl groups is 1. The van der Waals surface area contributed by atoms with Crippen molar-refractivity contribution in [3.05, 3.63) is 59.9 Å². The Morgan fingerprint density at radius 1 is 1.22 bits per heavy atom. The Morgan fingerprint density at radius 2 is 2.08 bits per heavy atom. The molecular weight excluding hydrogens is 466 g/mol. The molecule has 2 heterocycles. The minimum absolute atomic E-state index is 0.0435. The molecule has 2 amide bonds. The summed E-state index contributed by atoms with van der Waals surface area (Å²) in [6, 6.07) is 12.4. The van der Waals surface area contributed by atoms with E-state index in [0.717, 1.165) is 42.5 Å². The molecule has 1 aromatic carbocycles. The van der Waals surface area contributed by atoms with E-state index in [9.17, 15) is 14.7 Å². The van der Waals surface area contributed by atoms with Gasteiger partial charge in [0.15, 0.2) is 0 Å². The van der Waals surface area contributed by atoms with Crippen molar-refractivity contribution in [2.24, 2.45) is 29.6 Å². The lowest BCUT2D eigenvalue weighted by molar-refractivity contribution is -0.125. The van der Waals surface area contributed by atoms with Crippen LogP contribution in [0.2, 0.25) is 0 Å². The van der Waals surface area contributed by atoms with Crippen molar-refractivity contribution in [1.29, 1.82) is 0 Å². The molecule has 7 nitrogen and oxygen atoms in total. The van der Waals surface area contributed by atoms with Crippen molar-refractivity contribution in [2.75, 3.05) is 13.2 Å². The second-order valence-corrected chi connectivity index (χ2v) is 10.8. The van der Waals surface area contributed by atoms with E-state index in [0.29, 0.717) is 18.4 Å². The molecule has 37 heavy (non-hydrogen) atoms. The van der Waals surface area contributed by atoms with E-state index in [1.807, 2.05) is 12.3 Å². The van der Waals surface area contributed by atoms with Gasteiger partial charge in [-0.1, -0.05) is 42.0 Å². The van der Waals surface area contributed by atoms with Crippen LogP contribution in [0.5, 0.6) is 0 Å². The van der Waals surface area contributed by atoms with Gasteiger partial charge in [0.1, 0.15) is 0 Å². The number of carbonyl (C=O) groups excluding carboxylic acids is 2. The Morgan fingerprint density at radius 3 is 2.81 bits per heavy atom. The molecule has 2 saturated carbocycles. The zero-order valence-electron chi connectivity index (χ0n) is 21.6. The fourth-order valence-corrected chi connectivity index (χ4v) is 6.94. The van der Waals surface area contributed by atoms with E-state index in [2.05, 4.69) is 60.0 Å². The fraction of sp³-hybridized carbons (Fsp3) is 0.500. The standard InChI is InChI=1S/C30H37N3O4/c1-3-37-30(36)32-23-10-11-24-21(14-23)15-26-28(27(17-34)33-29(26)35)25(24)12-9-22-8-7-20(16-31-22)19-6-4-5-18(2)13-19/h4-9,12-13,16,21,23-28,34H,3,10-11,14-15,17H2,1-2H3,(H,32,36)(H,33,35)/b12-9+/t21-,23+,24+,25-,26+,27+,28-/m0/s1.